The van der Waals surface area contributed by atoms with Crippen LogP contribution in [0.15, 0.2) is 24.4 Å². The molecule has 58 heavy (non-hydrogen) atoms. The van der Waals surface area contributed by atoms with Crippen LogP contribution in [0.4, 0.5) is 32.4 Å². The Morgan fingerprint density at radius 2 is 1.47 bits per heavy atom. The number of nitrogens with one attached hydrogen (secondary N) is 2. The number of unbranched alkanes of at least 4 members (excludes halogenated alkanes) is 1. The van der Waals surface area contributed by atoms with Gasteiger partial charge in [0.05, 0.1) is 78.1 Å². The first-order chi connectivity index (χ1) is 27.8. The molecule has 5 N–H and O–H groups in total. The number of halogens is 5. The maximum atomic E-state index is 13.6. The molecule has 1 fully saturated rings. The Morgan fingerprint density at radius 3 is 2.12 bits per heavy atom. The molecule has 0 aliphatic carbocycles. The lowest BCUT2D eigenvalue weighted by molar-refractivity contribution is -0.242. The van der Waals surface area contributed by atoms with Crippen molar-refractivity contribution in [2.45, 2.75) is 63.8 Å². The number of aliphatic hydroxyl groups excluding tert-OH is 3. The highest BCUT2D eigenvalue weighted by Gasteiger charge is 2.39. The van der Waals surface area contributed by atoms with E-state index in [1.54, 1.807) is 29.8 Å². The summed E-state index contributed by atoms with van der Waals surface area (Å²) in [5.41, 5.74) is 1.99. The molecular weight excluding hydrogens is 789 g/mol. The number of hydrogen-bond acceptors (Lipinski definition) is 14. The van der Waals surface area contributed by atoms with Gasteiger partial charge in [-0.2, -0.15) is 8.78 Å². The van der Waals surface area contributed by atoms with E-state index in [-0.39, 0.29) is 45.7 Å². The Morgan fingerprint density at radius 1 is 0.845 bits per heavy atom. The van der Waals surface area contributed by atoms with Gasteiger partial charge in [-0.05, 0) is 49.9 Å². The van der Waals surface area contributed by atoms with Gasteiger partial charge < -0.3 is 59.1 Å². The summed E-state index contributed by atoms with van der Waals surface area (Å²) in [5, 5.41) is 43.3. The number of benzene rings is 2. The van der Waals surface area contributed by atoms with Crippen molar-refractivity contribution in [2.24, 2.45) is 0 Å². The van der Waals surface area contributed by atoms with Gasteiger partial charge in [0.25, 0.3) is 0 Å². The van der Waals surface area contributed by atoms with E-state index in [9.17, 15) is 46.9 Å². The molecule has 322 valence electrons. The third-order valence-electron chi connectivity index (χ3n) is 8.28. The standard InChI is InChI=1S/C36H46F5N5O12/c1-21-18-22(5-6-25(21)57-35-33(50)32(49)24(47)20-56-35)43-36(51)42-8-3-2-4-23-19-46(45-44-23)9-11-53-13-15-55-17-16-54-14-12-52-10-7-26(48)58-34-30(40)28(38)27(37)29(39)31(34)41/h5-6,18-19,24,32-33,35,47,49-50H,2-4,7-17,20H2,1H3,(H2,42,43,51)/t24-,32-,33-,35+/m0/s1. The van der Waals surface area contributed by atoms with Crippen molar-refractivity contribution < 1.29 is 80.0 Å². The van der Waals surface area contributed by atoms with Crippen molar-refractivity contribution in [3.63, 3.8) is 0 Å². The second-order valence-corrected chi connectivity index (χ2v) is 12.7. The SMILES string of the molecule is Cc1cc(NC(=O)NCCCCc2cn(CCOCCOCCOCCOCCC(=O)Oc3c(F)c(F)c(F)c(F)c3F)nn2)ccc1O[C@H]1OC[C@H](O)[C@H](O)[C@@H]1O. The van der Waals surface area contributed by atoms with Crippen LogP contribution in [0.5, 0.6) is 11.5 Å². The van der Waals surface area contributed by atoms with Gasteiger partial charge in [-0.15, -0.1) is 5.10 Å². The molecule has 0 saturated carbocycles. The van der Waals surface area contributed by atoms with Crippen LogP contribution in [-0.2, 0) is 41.4 Å². The molecule has 0 bridgehead atoms. The first-order valence-corrected chi connectivity index (χ1v) is 18.3. The van der Waals surface area contributed by atoms with Gasteiger partial charge in [0.2, 0.25) is 41.1 Å². The lowest BCUT2D eigenvalue weighted by Crippen LogP contribution is -2.54. The molecule has 4 atom stereocenters. The minimum atomic E-state index is -2.36. The number of aryl methyl sites for hydroxylation is 2. The van der Waals surface area contributed by atoms with Gasteiger partial charge in [0, 0.05) is 18.4 Å². The van der Waals surface area contributed by atoms with Crippen molar-refractivity contribution in [3.05, 3.63) is 64.7 Å². The van der Waals surface area contributed by atoms with Crippen molar-refractivity contribution in [3.8, 4) is 11.5 Å². The average molecular weight is 836 g/mol. The van der Waals surface area contributed by atoms with Crippen LogP contribution in [-0.4, -0.2) is 133 Å². The number of carbonyl (C=O) groups is 2. The molecular formula is C36H46F5N5O12. The molecule has 17 nitrogen and oxygen atoms in total. The Bertz CT molecular complexity index is 1750. The van der Waals surface area contributed by atoms with Crippen molar-refractivity contribution >= 4 is 17.7 Å². The summed E-state index contributed by atoms with van der Waals surface area (Å²) in [6.45, 7) is 4.02. The molecule has 0 unspecified atom stereocenters. The number of urea groups is 1. The predicted molar refractivity (Wildman–Crippen MR) is 189 cm³/mol. The highest BCUT2D eigenvalue weighted by atomic mass is 19.2. The van der Waals surface area contributed by atoms with E-state index in [0.717, 1.165) is 12.1 Å². The van der Waals surface area contributed by atoms with E-state index in [4.69, 9.17) is 28.4 Å². The summed E-state index contributed by atoms with van der Waals surface area (Å²) < 4.78 is 105. The number of aromatic nitrogens is 3. The zero-order valence-electron chi connectivity index (χ0n) is 31.5. The summed E-state index contributed by atoms with van der Waals surface area (Å²) in [6, 6.07) is 4.54. The summed E-state index contributed by atoms with van der Waals surface area (Å²) in [5.74, 6) is -13.8. The molecule has 2 amide bonds. The number of ether oxygens (including phenoxy) is 7. The smallest absolute Gasteiger partial charge is 0.319 e. The van der Waals surface area contributed by atoms with Gasteiger partial charge in [0.1, 0.15) is 24.1 Å². The number of aliphatic hydroxyl groups is 3. The van der Waals surface area contributed by atoms with E-state index >= 15 is 0 Å². The van der Waals surface area contributed by atoms with Crippen LogP contribution < -0.4 is 20.1 Å². The zero-order chi connectivity index (χ0) is 42.0. The molecule has 0 radical (unpaired) electrons. The molecule has 3 aromatic rings. The van der Waals surface area contributed by atoms with Gasteiger partial charge in [-0.1, -0.05) is 5.21 Å². The number of hydrogen-bond donors (Lipinski definition) is 5. The molecule has 1 saturated heterocycles. The Balaban J connectivity index is 0.939. The zero-order valence-corrected chi connectivity index (χ0v) is 31.5. The van der Waals surface area contributed by atoms with Crippen LogP contribution in [0, 0.1) is 36.0 Å². The molecule has 2 heterocycles. The summed E-state index contributed by atoms with van der Waals surface area (Å²) >= 11 is 0. The average Bonchev–Trinajstić information content (AvgIpc) is 3.66. The summed E-state index contributed by atoms with van der Waals surface area (Å²) in [7, 11) is 0. The van der Waals surface area contributed by atoms with E-state index in [1.807, 2.05) is 6.20 Å². The predicted octanol–water partition coefficient (Wildman–Crippen LogP) is 2.31. The molecule has 1 aliphatic rings. The lowest BCUT2D eigenvalue weighted by Gasteiger charge is -2.35. The maximum Gasteiger partial charge on any atom is 0.319 e. The second-order valence-electron chi connectivity index (χ2n) is 12.7. The Kier molecular flexibility index (Phi) is 18.9. The fraction of sp³-hybridized carbons (Fsp3) is 0.556. The number of nitrogens with zero attached hydrogens (tertiary/aromatic N) is 3. The quantitative estimate of drug-likeness (QED) is 0.0219. The first kappa shape index (κ1) is 46.1. The number of amides is 2. The first-order valence-electron chi connectivity index (χ1n) is 18.3. The Labute approximate surface area is 329 Å². The number of anilines is 1. The van der Waals surface area contributed by atoms with Crippen LogP contribution >= 0.6 is 0 Å². The topological polar surface area (TPSA) is 214 Å². The highest BCUT2D eigenvalue weighted by Crippen LogP contribution is 2.29. The minimum Gasteiger partial charge on any atom is -0.462 e. The van der Waals surface area contributed by atoms with Crippen LogP contribution in [0.25, 0.3) is 0 Å². The van der Waals surface area contributed by atoms with Crippen molar-refractivity contribution in [1.29, 1.82) is 0 Å². The third kappa shape index (κ3) is 14.4. The number of esters is 1. The van der Waals surface area contributed by atoms with Gasteiger partial charge in [0.15, 0.2) is 0 Å². The van der Waals surface area contributed by atoms with Crippen LogP contribution in [0.2, 0.25) is 0 Å². The molecule has 2 aromatic carbocycles. The largest absolute Gasteiger partial charge is 0.462 e. The number of carbonyl (C=O) groups excluding carboxylic acids is 2. The molecule has 1 aromatic heterocycles. The highest BCUT2D eigenvalue weighted by molar-refractivity contribution is 5.89. The maximum absolute atomic E-state index is 13.6. The summed E-state index contributed by atoms with van der Waals surface area (Å²) in [4.78, 5) is 24.1. The number of rotatable bonds is 24. The van der Waals surface area contributed by atoms with Gasteiger partial charge in [-0.3, -0.25) is 4.79 Å². The van der Waals surface area contributed by atoms with E-state index in [1.165, 1.54) is 0 Å². The lowest BCUT2D eigenvalue weighted by atomic mass is 10.1. The Hall–Kier alpha value is -4.55. The normalized spacial score (nSPS) is 17.9. The van der Waals surface area contributed by atoms with E-state index in [2.05, 4.69) is 25.7 Å². The third-order valence-corrected chi connectivity index (χ3v) is 8.28. The fourth-order valence-electron chi connectivity index (χ4n) is 5.15. The van der Waals surface area contributed by atoms with Crippen LogP contribution in [0.3, 0.4) is 0 Å². The molecule has 0 spiro atoms. The van der Waals surface area contributed by atoms with Crippen molar-refractivity contribution in [1.82, 2.24) is 20.3 Å². The van der Waals surface area contributed by atoms with Crippen LogP contribution in [0.1, 0.15) is 30.5 Å². The fourth-order valence-corrected chi connectivity index (χ4v) is 5.15. The van der Waals surface area contributed by atoms with Crippen molar-refractivity contribution in [2.75, 3.05) is 71.3 Å². The van der Waals surface area contributed by atoms with Gasteiger partial charge in [-0.25, -0.2) is 22.6 Å². The monoisotopic (exact) mass is 835 g/mol. The van der Waals surface area contributed by atoms with Gasteiger partial charge >= 0.3 is 12.0 Å². The summed E-state index contributed by atoms with van der Waals surface area (Å²) in [6.07, 6.45) is -1.69. The molecule has 22 heteroatoms. The van der Waals surface area contributed by atoms with E-state index in [0.29, 0.717) is 62.8 Å². The molecule has 1 aliphatic heterocycles. The second kappa shape index (κ2) is 23.8. The minimum absolute atomic E-state index is 0.0580. The molecule has 4 rings (SSSR count). The van der Waals surface area contributed by atoms with E-state index < -0.39 is 71.8 Å².